The second-order valence-corrected chi connectivity index (χ2v) is 5.92. The number of hydrogen-bond donors (Lipinski definition) is 2. The highest BCUT2D eigenvalue weighted by Crippen LogP contribution is 2.28. The standard InChI is InChI=1S/C16H23ClN2O/c1-18-15-9-8-13(17)11-14(15)16(20)19-10-4-7-12-5-2-3-6-12/h8-9,11-12,18H,2-7,10H2,1H3,(H,19,20). The number of rotatable bonds is 6. The van der Waals surface area contributed by atoms with Crippen molar-refractivity contribution in [3.05, 3.63) is 28.8 Å². The second-order valence-electron chi connectivity index (χ2n) is 5.49. The van der Waals surface area contributed by atoms with Crippen LogP contribution in [0.3, 0.4) is 0 Å². The monoisotopic (exact) mass is 294 g/mol. The summed E-state index contributed by atoms with van der Waals surface area (Å²) >= 11 is 5.96. The van der Waals surface area contributed by atoms with Gasteiger partial charge < -0.3 is 10.6 Å². The highest BCUT2D eigenvalue weighted by molar-refractivity contribution is 6.31. The summed E-state index contributed by atoms with van der Waals surface area (Å²) in [6.45, 7) is 0.741. The van der Waals surface area contributed by atoms with E-state index in [1.807, 2.05) is 6.07 Å². The van der Waals surface area contributed by atoms with E-state index in [1.165, 1.54) is 32.1 Å². The third-order valence-electron chi connectivity index (χ3n) is 4.05. The minimum atomic E-state index is -0.0525. The lowest BCUT2D eigenvalue weighted by atomic mass is 10.0. The molecule has 4 heteroatoms. The highest BCUT2D eigenvalue weighted by atomic mass is 35.5. The summed E-state index contributed by atoms with van der Waals surface area (Å²) in [6.07, 6.45) is 7.79. The van der Waals surface area contributed by atoms with Crippen LogP contribution in [0.4, 0.5) is 5.69 Å². The van der Waals surface area contributed by atoms with Crippen molar-refractivity contribution >= 4 is 23.2 Å². The molecule has 0 spiro atoms. The normalized spacial score (nSPS) is 15.3. The van der Waals surface area contributed by atoms with E-state index in [4.69, 9.17) is 11.6 Å². The second kappa shape index (κ2) is 7.53. The average molecular weight is 295 g/mol. The Hall–Kier alpha value is -1.22. The van der Waals surface area contributed by atoms with Gasteiger partial charge in [-0.2, -0.15) is 0 Å². The van der Waals surface area contributed by atoms with Gasteiger partial charge in [0.2, 0.25) is 0 Å². The molecule has 20 heavy (non-hydrogen) atoms. The molecule has 110 valence electrons. The fourth-order valence-corrected chi connectivity index (χ4v) is 3.08. The Kier molecular flexibility index (Phi) is 5.72. The van der Waals surface area contributed by atoms with E-state index in [0.717, 1.165) is 24.6 Å². The largest absolute Gasteiger partial charge is 0.387 e. The third-order valence-corrected chi connectivity index (χ3v) is 4.28. The van der Waals surface area contributed by atoms with Crippen LogP contribution in [0.15, 0.2) is 18.2 Å². The van der Waals surface area contributed by atoms with Crippen LogP contribution in [-0.4, -0.2) is 19.5 Å². The molecule has 1 fully saturated rings. The molecule has 3 nitrogen and oxygen atoms in total. The van der Waals surface area contributed by atoms with Gasteiger partial charge in [0.1, 0.15) is 0 Å². The first-order valence-corrected chi connectivity index (χ1v) is 7.84. The van der Waals surface area contributed by atoms with Crippen molar-refractivity contribution in [3.8, 4) is 0 Å². The van der Waals surface area contributed by atoms with Gasteiger partial charge in [0.15, 0.2) is 0 Å². The summed E-state index contributed by atoms with van der Waals surface area (Å²) in [7, 11) is 1.81. The molecule has 1 saturated carbocycles. The van der Waals surface area contributed by atoms with Crippen molar-refractivity contribution in [1.82, 2.24) is 5.32 Å². The summed E-state index contributed by atoms with van der Waals surface area (Å²) in [5.74, 6) is 0.828. The van der Waals surface area contributed by atoms with Crippen molar-refractivity contribution in [3.63, 3.8) is 0 Å². The van der Waals surface area contributed by atoms with E-state index in [9.17, 15) is 4.79 Å². The number of carbonyl (C=O) groups excluding carboxylic acids is 1. The van der Waals surface area contributed by atoms with Gasteiger partial charge in [0.25, 0.3) is 5.91 Å². The quantitative estimate of drug-likeness (QED) is 0.776. The van der Waals surface area contributed by atoms with E-state index in [1.54, 1.807) is 19.2 Å². The van der Waals surface area contributed by atoms with Crippen molar-refractivity contribution in [2.75, 3.05) is 18.9 Å². The summed E-state index contributed by atoms with van der Waals surface area (Å²) in [6, 6.07) is 5.32. The summed E-state index contributed by atoms with van der Waals surface area (Å²) in [5.41, 5.74) is 1.42. The van der Waals surface area contributed by atoms with E-state index in [2.05, 4.69) is 10.6 Å². The van der Waals surface area contributed by atoms with Gasteiger partial charge in [-0.1, -0.05) is 37.3 Å². The van der Waals surface area contributed by atoms with Crippen molar-refractivity contribution in [1.29, 1.82) is 0 Å². The lowest BCUT2D eigenvalue weighted by molar-refractivity contribution is 0.0953. The Balaban J connectivity index is 1.80. The molecule has 1 aromatic carbocycles. The molecule has 1 aliphatic carbocycles. The lowest BCUT2D eigenvalue weighted by Gasteiger charge is -2.12. The van der Waals surface area contributed by atoms with Crippen molar-refractivity contribution in [2.45, 2.75) is 38.5 Å². The molecule has 0 saturated heterocycles. The Labute approximate surface area is 126 Å². The Morgan fingerprint density at radius 3 is 2.80 bits per heavy atom. The van der Waals surface area contributed by atoms with E-state index in [0.29, 0.717) is 10.6 Å². The van der Waals surface area contributed by atoms with Gasteiger partial charge in [-0.25, -0.2) is 0 Å². The number of amides is 1. The van der Waals surface area contributed by atoms with Crippen molar-refractivity contribution < 1.29 is 4.79 Å². The van der Waals surface area contributed by atoms with Gasteiger partial charge in [0, 0.05) is 24.3 Å². The number of anilines is 1. The maximum atomic E-state index is 12.2. The van der Waals surface area contributed by atoms with Crippen LogP contribution >= 0.6 is 11.6 Å². The zero-order chi connectivity index (χ0) is 14.4. The minimum Gasteiger partial charge on any atom is -0.387 e. The molecular weight excluding hydrogens is 272 g/mol. The first-order valence-electron chi connectivity index (χ1n) is 7.46. The number of benzene rings is 1. The fourth-order valence-electron chi connectivity index (χ4n) is 2.91. The minimum absolute atomic E-state index is 0.0525. The van der Waals surface area contributed by atoms with Crippen LogP contribution in [-0.2, 0) is 0 Å². The molecule has 0 unspecified atom stereocenters. The van der Waals surface area contributed by atoms with Gasteiger partial charge in [0.05, 0.1) is 5.56 Å². The molecule has 0 radical (unpaired) electrons. The summed E-state index contributed by atoms with van der Waals surface area (Å²) < 4.78 is 0. The first-order chi connectivity index (χ1) is 9.70. The summed E-state index contributed by atoms with van der Waals surface area (Å²) in [4.78, 5) is 12.2. The Morgan fingerprint density at radius 2 is 2.10 bits per heavy atom. The van der Waals surface area contributed by atoms with Crippen LogP contribution in [0.1, 0.15) is 48.9 Å². The van der Waals surface area contributed by atoms with Crippen molar-refractivity contribution in [2.24, 2.45) is 5.92 Å². The smallest absolute Gasteiger partial charge is 0.253 e. The van der Waals surface area contributed by atoms with Gasteiger partial charge in [-0.3, -0.25) is 4.79 Å². The fraction of sp³-hybridized carbons (Fsp3) is 0.562. The highest BCUT2D eigenvalue weighted by Gasteiger charge is 2.15. The first kappa shape index (κ1) is 15.2. The number of halogens is 1. The van der Waals surface area contributed by atoms with E-state index >= 15 is 0 Å². The van der Waals surface area contributed by atoms with Crippen LogP contribution in [0.2, 0.25) is 5.02 Å². The SMILES string of the molecule is CNc1ccc(Cl)cc1C(=O)NCCCC1CCCC1. The maximum absolute atomic E-state index is 12.2. The van der Waals surface area contributed by atoms with Crippen LogP contribution < -0.4 is 10.6 Å². The number of nitrogens with one attached hydrogen (secondary N) is 2. The molecule has 2 N–H and O–H groups in total. The van der Waals surface area contributed by atoms with E-state index < -0.39 is 0 Å². The van der Waals surface area contributed by atoms with Gasteiger partial charge >= 0.3 is 0 Å². The zero-order valence-electron chi connectivity index (χ0n) is 12.0. The molecule has 0 aliphatic heterocycles. The summed E-state index contributed by atoms with van der Waals surface area (Å²) in [5, 5.41) is 6.59. The molecule has 0 heterocycles. The lowest BCUT2D eigenvalue weighted by Crippen LogP contribution is -2.25. The molecule has 1 aliphatic rings. The number of carbonyl (C=O) groups is 1. The third kappa shape index (κ3) is 4.14. The predicted octanol–water partition coefficient (Wildman–Crippen LogP) is 4.08. The topological polar surface area (TPSA) is 41.1 Å². The van der Waals surface area contributed by atoms with E-state index in [-0.39, 0.29) is 5.91 Å². The van der Waals surface area contributed by atoms with Crippen LogP contribution in [0.5, 0.6) is 0 Å². The number of hydrogen-bond acceptors (Lipinski definition) is 2. The van der Waals surface area contributed by atoms with Crippen LogP contribution in [0.25, 0.3) is 0 Å². The maximum Gasteiger partial charge on any atom is 0.253 e. The molecule has 0 bridgehead atoms. The molecule has 0 aromatic heterocycles. The predicted molar refractivity (Wildman–Crippen MR) is 84.5 cm³/mol. The van der Waals surface area contributed by atoms with Gasteiger partial charge in [-0.15, -0.1) is 0 Å². The molecule has 2 rings (SSSR count). The molecule has 1 amide bonds. The molecular formula is C16H23ClN2O. The van der Waals surface area contributed by atoms with Gasteiger partial charge in [-0.05, 0) is 37.0 Å². The average Bonchev–Trinajstić information content (AvgIpc) is 2.96. The Morgan fingerprint density at radius 1 is 1.35 bits per heavy atom. The van der Waals surface area contributed by atoms with Crippen LogP contribution in [0, 0.1) is 5.92 Å². The molecule has 0 atom stereocenters. The molecule has 1 aromatic rings. The Bertz CT molecular complexity index is 456. The zero-order valence-corrected chi connectivity index (χ0v) is 12.8.